The van der Waals surface area contributed by atoms with Crippen LogP contribution in [-0.2, 0) is 0 Å². The summed E-state index contributed by atoms with van der Waals surface area (Å²) in [5.41, 5.74) is 4.00. The normalized spacial score (nSPS) is 10.3. The Balaban J connectivity index is 2.25. The van der Waals surface area contributed by atoms with Crippen molar-refractivity contribution in [2.24, 2.45) is 0 Å². The maximum atomic E-state index is 12.2. The molecule has 0 unspecified atom stereocenters. The van der Waals surface area contributed by atoms with Crippen molar-refractivity contribution >= 4 is 11.6 Å². The summed E-state index contributed by atoms with van der Waals surface area (Å²) < 4.78 is 0. The van der Waals surface area contributed by atoms with Gasteiger partial charge in [-0.25, -0.2) is 0 Å². The lowest BCUT2D eigenvalue weighted by molar-refractivity contribution is 0.102. The molecule has 2 N–H and O–H groups in total. The van der Waals surface area contributed by atoms with Crippen LogP contribution in [-0.4, -0.2) is 11.0 Å². The van der Waals surface area contributed by atoms with E-state index >= 15 is 0 Å². The van der Waals surface area contributed by atoms with Crippen LogP contribution in [0.4, 0.5) is 5.69 Å². The van der Waals surface area contributed by atoms with E-state index in [4.69, 9.17) is 0 Å². The van der Waals surface area contributed by atoms with Crippen LogP contribution in [0.2, 0.25) is 0 Å². The van der Waals surface area contributed by atoms with Crippen LogP contribution >= 0.6 is 0 Å². The van der Waals surface area contributed by atoms with Crippen molar-refractivity contribution < 1.29 is 9.90 Å². The number of aryl methyl sites for hydroxylation is 3. The van der Waals surface area contributed by atoms with Gasteiger partial charge in [0, 0.05) is 17.3 Å². The van der Waals surface area contributed by atoms with E-state index in [-0.39, 0.29) is 11.7 Å². The Labute approximate surface area is 112 Å². The van der Waals surface area contributed by atoms with Crippen LogP contribution in [0.25, 0.3) is 0 Å². The minimum absolute atomic E-state index is 0.163. The minimum Gasteiger partial charge on any atom is -0.508 e. The second-order valence-electron chi connectivity index (χ2n) is 4.77. The van der Waals surface area contributed by atoms with Crippen LogP contribution in [0.5, 0.6) is 5.75 Å². The van der Waals surface area contributed by atoms with Gasteiger partial charge in [0.1, 0.15) is 5.75 Å². The summed E-state index contributed by atoms with van der Waals surface area (Å²) in [5.74, 6) is 0.0169. The predicted octanol–water partition coefficient (Wildman–Crippen LogP) is 3.57. The molecule has 0 aromatic heterocycles. The molecule has 2 aromatic carbocycles. The molecule has 2 aromatic rings. The third-order valence-electron chi connectivity index (χ3n) is 3.10. The number of rotatable bonds is 2. The van der Waals surface area contributed by atoms with Crippen LogP contribution in [0, 0.1) is 20.8 Å². The maximum absolute atomic E-state index is 12.2. The Kier molecular flexibility index (Phi) is 3.56. The first-order chi connectivity index (χ1) is 8.97. The number of benzene rings is 2. The molecular weight excluding hydrogens is 238 g/mol. The number of amides is 1. The largest absolute Gasteiger partial charge is 0.508 e. The van der Waals surface area contributed by atoms with E-state index in [0.717, 1.165) is 16.7 Å². The van der Waals surface area contributed by atoms with Crippen molar-refractivity contribution in [3.05, 3.63) is 58.7 Å². The van der Waals surface area contributed by atoms with Gasteiger partial charge in [0.25, 0.3) is 5.91 Å². The van der Waals surface area contributed by atoms with Gasteiger partial charge in [-0.2, -0.15) is 0 Å². The van der Waals surface area contributed by atoms with E-state index in [1.165, 1.54) is 0 Å². The molecule has 1 amide bonds. The van der Waals surface area contributed by atoms with Gasteiger partial charge in [0.15, 0.2) is 0 Å². The first-order valence-corrected chi connectivity index (χ1v) is 6.15. The van der Waals surface area contributed by atoms with Crippen LogP contribution in [0.3, 0.4) is 0 Å². The molecule has 0 aliphatic carbocycles. The highest BCUT2D eigenvalue weighted by molar-refractivity contribution is 6.05. The molecule has 2 rings (SSSR count). The number of phenols is 1. The fourth-order valence-corrected chi connectivity index (χ4v) is 1.87. The smallest absolute Gasteiger partial charge is 0.255 e. The van der Waals surface area contributed by atoms with Gasteiger partial charge in [0.2, 0.25) is 0 Å². The van der Waals surface area contributed by atoms with E-state index in [1.807, 2.05) is 39.0 Å². The number of hydrogen-bond donors (Lipinski definition) is 2. The van der Waals surface area contributed by atoms with Crippen molar-refractivity contribution in [2.45, 2.75) is 20.8 Å². The first-order valence-electron chi connectivity index (χ1n) is 6.15. The molecule has 0 aliphatic rings. The number of hydrogen-bond acceptors (Lipinski definition) is 2. The predicted molar refractivity (Wildman–Crippen MR) is 76.7 cm³/mol. The van der Waals surface area contributed by atoms with Gasteiger partial charge in [-0.3, -0.25) is 4.79 Å². The van der Waals surface area contributed by atoms with Crippen molar-refractivity contribution in [2.75, 3.05) is 5.32 Å². The molecule has 0 radical (unpaired) electrons. The Hall–Kier alpha value is -2.29. The molecule has 0 fully saturated rings. The Bertz CT molecular complexity index is 633. The molecule has 19 heavy (non-hydrogen) atoms. The lowest BCUT2D eigenvalue weighted by atomic mass is 10.0. The standard InChI is InChI=1S/C16H17NO2/c1-10-4-5-11(2)14(8-10)16(19)17-13-7-6-12(3)15(18)9-13/h4-9,18H,1-3H3,(H,17,19). The highest BCUT2D eigenvalue weighted by Gasteiger charge is 2.10. The van der Waals surface area contributed by atoms with Crippen LogP contribution in [0.1, 0.15) is 27.0 Å². The van der Waals surface area contributed by atoms with E-state index in [2.05, 4.69) is 5.32 Å². The van der Waals surface area contributed by atoms with Crippen molar-refractivity contribution in [3.8, 4) is 5.75 Å². The summed E-state index contributed by atoms with van der Waals surface area (Å²) in [6.45, 7) is 5.67. The molecule has 0 atom stereocenters. The summed E-state index contributed by atoms with van der Waals surface area (Å²) >= 11 is 0. The number of carbonyl (C=O) groups is 1. The zero-order valence-corrected chi connectivity index (χ0v) is 11.3. The lowest BCUT2D eigenvalue weighted by Crippen LogP contribution is -2.13. The molecular formula is C16H17NO2. The van der Waals surface area contributed by atoms with Crippen LogP contribution < -0.4 is 5.32 Å². The first kappa shape index (κ1) is 13.1. The van der Waals surface area contributed by atoms with Crippen molar-refractivity contribution in [1.29, 1.82) is 0 Å². The average molecular weight is 255 g/mol. The molecule has 0 saturated heterocycles. The summed E-state index contributed by atoms with van der Waals surface area (Å²) in [7, 11) is 0. The fraction of sp³-hybridized carbons (Fsp3) is 0.188. The minimum atomic E-state index is -0.163. The second-order valence-corrected chi connectivity index (χ2v) is 4.77. The third kappa shape index (κ3) is 2.94. The molecule has 0 spiro atoms. The molecule has 0 saturated carbocycles. The maximum Gasteiger partial charge on any atom is 0.255 e. The van der Waals surface area contributed by atoms with Gasteiger partial charge in [-0.1, -0.05) is 23.8 Å². The topological polar surface area (TPSA) is 49.3 Å². The summed E-state index contributed by atoms with van der Waals surface area (Å²) in [6, 6.07) is 10.9. The van der Waals surface area contributed by atoms with Crippen molar-refractivity contribution in [1.82, 2.24) is 0 Å². The van der Waals surface area contributed by atoms with Gasteiger partial charge < -0.3 is 10.4 Å². The summed E-state index contributed by atoms with van der Waals surface area (Å²) in [4.78, 5) is 12.2. The summed E-state index contributed by atoms with van der Waals surface area (Å²) in [5, 5.41) is 12.4. The van der Waals surface area contributed by atoms with Crippen LogP contribution in [0.15, 0.2) is 36.4 Å². The second kappa shape index (κ2) is 5.14. The van der Waals surface area contributed by atoms with Gasteiger partial charge in [0.05, 0.1) is 0 Å². The molecule has 98 valence electrons. The number of carbonyl (C=O) groups excluding carboxylic acids is 1. The number of anilines is 1. The quantitative estimate of drug-likeness (QED) is 0.861. The van der Waals surface area contributed by atoms with E-state index in [9.17, 15) is 9.90 Å². The molecule has 3 heteroatoms. The average Bonchev–Trinajstić information content (AvgIpc) is 2.36. The molecule has 3 nitrogen and oxygen atoms in total. The molecule has 0 bridgehead atoms. The lowest BCUT2D eigenvalue weighted by Gasteiger charge is -2.09. The Morgan fingerprint density at radius 1 is 1.00 bits per heavy atom. The van der Waals surface area contributed by atoms with Crippen molar-refractivity contribution in [3.63, 3.8) is 0 Å². The SMILES string of the molecule is Cc1ccc(C)c(C(=O)Nc2ccc(C)c(O)c2)c1. The number of nitrogens with one attached hydrogen (secondary N) is 1. The van der Waals surface area contributed by atoms with E-state index < -0.39 is 0 Å². The van der Waals surface area contributed by atoms with E-state index in [0.29, 0.717) is 11.3 Å². The number of phenolic OH excluding ortho intramolecular Hbond substituents is 1. The Morgan fingerprint density at radius 2 is 1.68 bits per heavy atom. The third-order valence-corrected chi connectivity index (χ3v) is 3.10. The van der Waals surface area contributed by atoms with Gasteiger partial charge >= 0.3 is 0 Å². The molecule has 0 aliphatic heterocycles. The van der Waals surface area contributed by atoms with Gasteiger partial charge in [-0.05, 0) is 44.0 Å². The summed E-state index contributed by atoms with van der Waals surface area (Å²) in [6.07, 6.45) is 0. The van der Waals surface area contributed by atoms with E-state index in [1.54, 1.807) is 18.2 Å². The monoisotopic (exact) mass is 255 g/mol. The highest BCUT2D eigenvalue weighted by atomic mass is 16.3. The molecule has 0 heterocycles. The highest BCUT2D eigenvalue weighted by Crippen LogP contribution is 2.21. The number of aromatic hydroxyl groups is 1. The Morgan fingerprint density at radius 3 is 2.37 bits per heavy atom. The zero-order chi connectivity index (χ0) is 14.0. The fourth-order valence-electron chi connectivity index (χ4n) is 1.87. The zero-order valence-electron chi connectivity index (χ0n) is 11.3. The van der Waals surface area contributed by atoms with Gasteiger partial charge in [-0.15, -0.1) is 0 Å².